The van der Waals surface area contributed by atoms with E-state index < -0.39 is 0 Å². The molecule has 0 saturated heterocycles. The number of aryl methyl sites for hydroxylation is 1. The summed E-state index contributed by atoms with van der Waals surface area (Å²) in [5, 5.41) is 12.8. The molecule has 176 valence electrons. The van der Waals surface area contributed by atoms with Gasteiger partial charge in [-0.2, -0.15) is 4.68 Å². The van der Waals surface area contributed by atoms with Crippen LogP contribution >= 0.6 is 0 Å². The molecule has 0 amide bonds. The molecule has 1 heterocycles. The highest BCUT2D eigenvalue weighted by Gasteiger charge is 2.28. The molecule has 3 aromatic carbocycles. The van der Waals surface area contributed by atoms with Crippen LogP contribution in [0.1, 0.15) is 28.6 Å². The minimum atomic E-state index is -0.214. The van der Waals surface area contributed by atoms with Gasteiger partial charge in [-0.1, -0.05) is 54.6 Å². The fourth-order valence-electron chi connectivity index (χ4n) is 4.22. The van der Waals surface area contributed by atoms with Crippen LogP contribution in [0.2, 0.25) is 0 Å². The third-order valence-electron chi connectivity index (χ3n) is 5.84. The second kappa shape index (κ2) is 10.4. The van der Waals surface area contributed by atoms with Gasteiger partial charge < -0.3 is 14.2 Å². The van der Waals surface area contributed by atoms with Crippen LogP contribution < -0.4 is 14.2 Å². The molecule has 0 N–H and O–H groups in total. The molecule has 34 heavy (non-hydrogen) atoms. The first-order chi connectivity index (χ1) is 16.6. The highest BCUT2D eigenvalue weighted by Crippen LogP contribution is 2.41. The molecule has 0 fully saturated rings. The Morgan fingerprint density at radius 2 is 1.56 bits per heavy atom. The Labute approximate surface area is 199 Å². The largest absolute Gasteiger partial charge is 0.493 e. The van der Waals surface area contributed by atoms with Crippen LogP contribution in [0, 0.1) is 6.92 Å². The van der Waals surface area contributed by atoms with Crippen LogP contribution in [0.3, 0.4) is 0 Å². The highest BCUT2D eigenvalue weighted by atomic mass is 16.5. The van der Waals surface area contributed by atoms with Crippen molar-refractivity contribution in [3.8, 4) is 22.9 Å². The molecule has 0 radical (unpaired) electrons. The van der Waals surface area contributed by atoms with Crippen LogP contribution in [-0.4, -0.2) is 53.5 Å². The van der Waals surface area contributed by atoms with E-state index in [1.165, 1.54) is 0 Å². The van der Waals surface area contributed by atoms with E-state index in [0.29, 0.717) is 23.8 Å². The summed E-state index contributed by atoms with van der Waals surface area (Å²) in [6.07, 6.45) is 0. The summed E-state index contributed by atoms with van der Waals surface area (Å²) < 4.78 is 18.6. The Balaban J connectivity index is 1.78. The molecular formula is C26H29N5O3. The van der Waals surface area contributed by atoms with Gasteiger partial charge in [0.25, 0.3) is 0 Å². The van der Waals surface area contributed by atoms with Gasteiger partial charge >= 0.3 is 0 Å². The standard InChI is InChI=1S/C26H29N5O3/c1-18-11-9-10-14-21(18)31-26(27-28-29-31)23(19-12-7-6-8-13-19)30(2)17-20-15-16-22(32-3)25(34-5)24(20)33-4/h6-16,23H,17H2,1-5H3. The quantitative estimate of drug-likeness (QED) is 0.371. The van der Waals surface area contributed by atoms with Gasteiger partial charge in [0, 0.05) is 12.1 Å². The van der Waals surface area contributed by atoms with E-state index in [9.17, 15) is 0 Å². The number of hydrogen-bond acceptors (Lipinski definition) is 7. The van der Waals surface area contributed by atoms with Gasteiger partial charge in [0.2, 0.25) is 5.75 Å². The average molecular weight is 460 g/mol. The summed E-state index contributed by atoms with van der Waals surface area (Å²) in [5.41, 5.74) is 4.07. The number of rotatable bonds is 9. The molecule has 8 heteroatoms. The minimum Gasteiger partial charge on any atom is -0.493 e. The predicted octanol–water partition coefficient (Wildman–Crippen LogP) is 4.22. The lowest BCUT2D eigenvalue weighted by Gasteiger charge is -2.28. The van der Waals surface area contributed by atoms with Crippen LogP contribution in [0.15, 0.2) is 66.7 Å². The third kappa shape index (κ3) is 4.45. The fourth-order valence-corrected chi connectivity index (χ4v) is 4.22. The number of para-hydroxylation sites is 1. The van der Waals surface area contributed by atoms with Crippen molar-refractivity contribution in [2.75, 3.05) is 28.4 Å². The summed E-state index contributed by atoms with van der Waals surface area (Å²) in [6.45, 7) is 2.61. The van der Waals surface area contributed by atoms with Crippen LogP contribution in [-0.2, 0) is 6.54 Å². The SMILES string of the molecule is COc1ccc(CN(C)C(c2ccccc2)c2nnnn2-c2ccccc2C)c(OC)c1OC. The van der Waals surface area contributed by atoms with Crippen molar-refractivity contribution in [2.45, 2.75) is 19.5 Å². The zero-order valence-corrected chi connectivity index (χ0v) is 20.1. The predicted molar refractivity (Wildman–Crippen MR) is 130 cm³/mol. The van der Waals surface area contributed by atoms with E-state index in [0.717, 1.165) is 28.2 Å². The van der Waals surface area contributed by atoms with E-state index in [-0.39, 0.29) is 6.04 Å². The number of aromatic nitrogens is 4. The number of methoxy groups -OCH3 is 3. The molecule has 0 aliphatic heterocycles. The summed E-state index contributed by atoms with van der Waals surface area (Å²) in [7, 11) is 6.90. The van der Waals surface area contributed by atoms with Crippen molar-refractivity contribution >= 4 is 0 Å². The Morgan fingerprint density at radius 3 is 2.24 bits per heavy atom. The van der Waals surface area contributed by atoms with Crippen LogP contribution in [0.5, 0.6) is 17.2 Å². The minimum absolute atomic E-state index is 0.214. The van der Waals surface area contributed by atoms with Crippen LogP contribution in [0.4, 0.5) is 0 Å². The molecular weight excluding hydrogens is 430 g/mol. The molecule has 4 rings (SSSR count). The highest BCUT2D eigenvalue weighted by molar-refractivity contribution is 5.55. The molecule has 0 aliphatic carbocycles. The second-order valence-corrected chi connectivity index (χ2v) is 7.96. The number of benzene rings is 3. The zero-order chi connectivity index (χ0) is 24.1. The summed E-state index contributed by atoms with van der Waals surface area (Å²) >= 11 is 0. The van der Waals surface area contributed by atoms with E-state index in [2.05, 4.69) is 45.5 Å². The van der Waals surface area contributed by atoms with Crippen molar-refractivity contribution in [3.05, 3.63) is 89.2 Å². The number of nitrogens with zero attached hydrogens (tertiary/aromatic N) is 5. The topological polar surface area (TPSA) is 74.5 Å². The molecule has 0 spiro atoms. The first-order valence-electron chi connectivity index (χ1n) is 11.0. The smallest absolute Gasteiger partial charge is 0.203 e. The molecule has 1 atom stereocenters. The van der Waals surface area contributed by atoms with Crippen molar-refractivity contribution < 1.29 is 14.2 Å². The molecule has 0 aliphatic rings. The van der Waals surface area contributed by atoms with Crippen LogP contribution in [0.25, 0.3) is 5.69 Å². The Morgan fingerprint density at radius 1 is 0.853 bits per heavy atom. The molecule has 4 aromatic rings. The molecule has 8 nitrogen and oxygen atoms in total. The monoisotopic (exact) mass is 459 g/mol. The number of ether oxygens (including phenoxy) is 3. The van der Waals surface area contributed by atoms with E-state index in [4.69, 9.17) is 14.2 Å². The number of tetrazole rings is 1. The molecule has 0 bridgehead atoms. The second-order valence-electron chi connectivity index (χ2n) is 7.96. The maximum atomic E-state index is 5.72. The Kier molecular flexibility index (Phi) is 7.08. The van der Waals surface area contributed by atoms with Crippen molar-refractivity contribution in [2.24, 2.45) is 0 Å². The maximum absolute atomic E-state index is 5.72. The van der Waals surface area contributed by atoms with Gasteiger partial charge in [-0.05, 0) is 47.7 Å². The summed E-state index contributed by atoms with van der Waals surface area (Å²) in [4.78, 5) is 2.19. The maximum Gasteiger partial charge on any atom is 0.203 e. The van der Waals surface area contributed by atoms with Crippen molar-refractivity contribution in [3.63, 3.8) is 0 Å². The van der Waals surface area contributed by atoms with Crippen molar-refractivity contribution in [1.82, 2.24) is 25.1 Å². The van der Waals surface area contributed by atoms with E-state index in [1.807, 2.05) is 60.3 Å². The molecule has 0 saturated carbocycles. The summed E-state index contributed by atoms with van der Waals surface area (Å²) in [6, 6.07) is 22.0. The average Bonchev–Trinajstić information content (AvgIpc) is 3.33. The van der Waals surface area contributed by atoms with Gasteiger partial charge in [0.15, 0.2) is 17.3 Å². The zero-order valence-electron chi connectivity index (χ0n) is 20.1. The van der Waals surface area contributed by atoms with Gasteiger partial charge in [0.05, 0.1) is 33.1 Å². The third-order valence-corrected chi connectivity index (χ3v) is 5.84. The van der Waals surface area contributed by atoms with Gasteiger partial charge in [-0.25, -0.2) is 0 Å². The number of hydrogen-bond donors (Lipinski definition) is 0. The molecule has 1 unspecified atom stereocenters. The van der Waals surface area contributed by atoms with Gasteiger partial charge in [-0.15, -0.1) is 5.10 Å². The first-order valence-corrected chi connectivity index (χ1v) is 11.0. The lowest BCUT2D eigenvalue weighted by molar-refractivity contribution is 0.251. The fraction of sp³-hybridized carbons (Fsp3) is 0.269. The van der Waals surface area contributed by atoms with Crippen molar-refractivity contribution in [1.29, 1.82) is 0 Å². The lowest BCUT2D eigenvalue weighted by atomic mass is 10.0. The Bertz CT molecular complexity index is 1240. The van der Waals surface area contributed by atoms with E-state index in [1.54, 1.807) is 21.3 Å². The first kappa shape index (κ1) is 23.3. The van der Waals surface area contributed by atoms with Gasteiger partial charge in [0.1, 0.15) is 0 Å². The molecule has 1 aromatic heterocycles. The normalized spacial score (nSPS) is 11.9. The summed E-state index contributed by atoms with van der Waals surface area (Å²) in [5.74, 6) is 2.55. The van der Waals surface area contributed by atoms with Gasteiger partial charge in [-0.3, -0.25) is 4.90 Å². The Hall–Kier alpha value is -3.91. The van der Waals surface area contributed by atoms with E-state index >= 15 is 0 Å². The lowest BCUT2D eigenvalue weighted by Crippen LogP contribution is -2.28.